The average Bonchev–Trinajstić information content (AvgIpc) is 2.67. The predicted molar refractivity (Wildman–Crippen MR) is 98.3 cm³/mol. The van der Waals surface area contributed by atoms with Gasteiger partial charge in [-0.05, 0) is 23.8 Å². The zero-order valence-electron chi connectivity index (χ0n) is 13.7. The average molecular weight is 370 g/mol. The minimum atomic E-state index is -0.384. The number of aromatic amines is 1. The van der Waals surface area contributed by atoms with Gasteiger partial charge >= 0.3 is 0 Å². The van der Waals surface area contributed by atoms with Gasteiger partial charge in [-0.2, -0.15) is 0 Å². The Labute approximate surface area is 154 Å². The maximum Gasteiger partial charge on any atom is 0.268 e. The fourth-order valence-electron chi connectivity index (χ4n) is 2.25. The van der Waals surface area contributed by atoms with Crippen molar-refractivity contribution in [3.63, 3.8) is 0 Å². The van der Waals surface area contributed by atoms with E-state index in [1.54, 1.807) is 30.6 Å². The molecule has 3 aromatic rings. The molecule has 6 nitrogen and oxygen atoms in total. The number of carbonyl (C=O) groups excluding carboxylic acids is 1. The van der Waals surface area contributed by atoms with Crippen molar-refractivity contribution in [2.75, 3.05) is 0 Å². The highest BCUT2D eigenvalue weighted by Crippen LogP contribution is 2.16. The van der Waals surface area contributed by atoms with Crippen LogP contribution in [-0.2, 0) is 13.2 Å². The van der Waals surface area contributed by atoms with Gasteiger partial charge in [-0.1, -0.05) is 29.8 Å². The lowest BCUT2D eigenvalue weighted by molar-refractivity contribution is 0.0945. The van der Waals surface area contributed by atoms with E-state index in [0.29, 0.717) is 11.6 Å². The van der Waals surface area contributed by atoms with Crippen LogP contribution in [0.3, 0.4) is 0 Å². The van der Waals surface area contributed by atoms with Gasteiger partial charge < -0.3 is 15.0 Å². The molecule has 0 unspecified atom stereocenters. The summed E-state index contributed by atoms with van der Waals surface area (Å²) in [5, 5.41) is 3.30. The molecule has 132 valence electrons. The minimum absolute atomic E-state index is 0.121. The summed E-state index contributed by atoms with van der Waals surface area (Å²) in [6, 6.07) is 12.0. The molecule has 2 aromatic heterocycles. The Hall–Kier alpha value is -3.12. The normalized spacial score (nSPS) is 10.3. The number of pyridine rings is 2. The summed E-state index contributed by atoms with van der Waals surface area (Å²) in [6.07, 6.45) is 4.67. The van der Waals surface area contributed by atoms with Crippen molar-refractivity contribution in [3.8, 4) is 5.75 Å². The van der Waals surface area contributed by atoms with Crippen LogP contribution in [0.15, 0.2) is 65.8 Å². The third-order valence-electron chi connectivity index (χ3n) is 3.67. The number of rotatable bonds is 6. The molecule has 2 heterocycles. The maximum absolute atomic E-state index is 12.2. The molecule has 1 aromatic carbocycles. The van der Waals surface area contributed by atoms with E-state index in [4.69, 9.17) is 16.3 Å². The van der Waals surface area contributed by atoms with E-state index in [9.17, 15) is 9.59 Å². The second kappa shape index (κ2) is 8.31. The second-order valence-electron chi connectivity index (χ2n) is 5.49. The number of halogens is 1. The SMILES string of the molecule is O=C(NCc1ccncc1)c1cc(=O)c(OCc2ccccc2Cl)c[nH]1. The number of H-pyrrole nitrogens is 1. The first kappa shape index (κ1) is 17.7. The smallest absolute Gasteiger partial charge is 0.268 e. The van der Waals surface area contributed by atoms with Gasteiger partial charge in [-0.15, -0.1) is 0 Å². The van der Waals surface area contributed by atoms with Gasteiger partial charge in [0.05, 0.1) is 0 Å². The van der Waals surface area contributed by atoms with Crippen molar-refractivity contribution < 1.29 is 9.53 Å². The van der Waals surface area contributed by atoms with Crippen LogP contribution >= 0.6 is 11.6 Å². The van der Waals surface area contributed by atoms with Crippen LogP contribution < -0.4 is 15.5 Å². The summed E-state index contributed by atoms with van der Waals surface area (Å²) in [4.78, 5) is 31.0. The Balaban J connectivity index is 1.62. The molecule has 0 radical (unpaired) electrons. The van der Waals surface area contributed by atoms with E-state index in [1.807, 2.05) is 18.2 Å². The van der Waals surface area contributed by atoms with Gasteiger partial charge in [0, 0.05) is 41.8 Å². The lowest BCUT2D eigenvalue weighted by Crippen LogP contribution is -2.25. The first-order chi connectivity index (χ1) is 12.6. The van der Waals surface area contributed by atoms with Gasteiger partial charge in [-0.3, -0.25) is 14.6 Å². The standard InChI is InChI=1S/C19H16ClN3O3/c20-15-4-2-1-3-14(15)12-26-18-11-22-16(9-17(18)24)19(25)23-10-13-5-7-21-8-6-13/h1-9,11H,10,12H2,(H,22,24)(H,23,25). The van der Waals surface area contributed by atoms with E-state index in [1.165, 1.54) is 12.3 Å². The summed E-state index contributed by atoms with van der Waals surface area (Å²) < 4.78 is 5.50. The summed E-state index contributed by atoms with van der Waals surface area (Å²) in [5.41, 5.74) is 1.46. The Kier molecular flexibility index (Phi) is 5.66. The van der Waals surface area contributed by atoms with Gasteiger partial charge in [0.25, 0.3) is 5.91 Å². The van der Waals surface area contributed by atoms with Crippen molar-refractivity contribution in [2.45, 2.75) is 13.2 Å². The highest BCUT2D eigenvalue weighted by Gasteiger charge is 2.10. The minimum Gasteiger partial charge on any atom is -0.483 e. The third-order valence-corrected chi connectivity index (χ3v) is 4.03. The van der Waals surface area contributed by atoms with Gasteiger partial charge in [0.2, 0.25) is 5.43 Å². The molecule has 0 spiro atoms. The Morgan fingerprint density at radius 3 is 2.69 bits per heavy atom. The molecule has 0 fully saturated rings. The highest BCUT2D eigenvalue weighted by molar-refractivity contribution is 6.31. The van der Waals surface area contributed by atoms with Crippen molar-refractivity contribution in [3.05, 3.63) is 93.1 Å². The van der Waals surface area contributed by atoms with E-state index in [2.05, 4.69) is 15.3 Å². The summed E-state index contributed by atoms with van der Waals surface area (Å²) >= 11 is 6.06. The third kappa shape index (κ3) is 4.49. The van der Waals surface area contributed by atoms with E-state index >= 15 is 0 Å². The maximum atomic E-state index is 12.2. The number of amides is 1. The fraction of sp³-hybridized carbons (Fsp3) is 0.105. The molecule has 7 heteroatoms. The Morgan fingerprint density at radius 1 is 1.19 bits per heavy atom. The highest BCUT2D eigenvalue weighted by atomic mass is 35.5. The van der Waals surface area contributed by atoms with Crippen molar-refractivity contribution in [1.82, 2.24) is 15.3 Å². The summed E-state index contributed by atoms with van der Waals surface area (Å²) in [7, 11) is 0. The first-order valence-corrected chi connectivity index (χ1v) is 8.27. The number of aromatic nitrogens is 2. The number of benzene rings is 1. The molecule has 2 N–H and O–H groups in total. The van der Waals surface area contributed by atoms with E-state index in [-0.39, 0.29) is 29.4 Å². The number of hydrogen-bond donors (Lipinski definition) is 2. The second-order valence-corrected chi connectivity index (χ2v) is 5.90. The van der Waals surface area contributed by atoms with E-state index < -0.39 is 0 Å². The lowest BCUT2D eigenvalue weighted by Gasteiger charge is -2.08. The zero-order chi connectivity index (χ0) is 18.4. The topological polar surface area (TPSA) is 84.1 Å². The van der Waals surface area contributed by atoms with Gasteiger partial charge in [-0.25, -0.2) is 0 Å². The fourth-order valence-corrected chi connectivity index (χ4v) is 2.44. The van der Waals surface area contributed by atoms with Crippen molar-refractivity contribution >= 4 is 17.5 Å². The van der Waals surface area contributed by atoms with Crippen LogP contribution in [0.1, 0.15) is 21.6 Å². The molecular weight excluding hydrogens is 354 g/mol. The van der Waals surface area contributed by atoms with E-state index in [0.717, 1.165) is 11.1 Å². The zero-order valence-corrected chi connectivity index (χ0v) is 14.5. The van der Waals surface area contributed by atoms with Crippen LogP contribution in [-0.4, -0.2) is 15.9 Å². The summed E-state index contributed by atoms with van der Waals surface area (Å²) in [5.74, 6) is -0.257. The van der Waals surface area contributed by atoms with Gasteiger partial charge in [0.1, 0.15) is 12.3 Å². The molecule has 3 rings (SSSR count). The summed E-state index contributed by atoms with van der Waals surface area (Å²) in [6.45, 7) is 0.504. The number of ether oxygens (including phenoxy) is 1. The van der Waals surface area contributed by atoms with Crippen LogP contribution in [0, 0.1) is 0 Å². The Bertz CT molecular complexity index is 957. The molecule has 0 saturated carbocycles. The van der Waals surface area contributed by atoms with Crippen LogP contribution in [0.4, 0.5) is 0 Å². The van der Waals surface area contributed by atoms with Crippen LogP contribution in [0.2, 0.25) is 5.02 Å². The molecule has 0 aliphatic heterocycles. The van der Waals surface area contributed by atoms with Crippen molar-refractivity contribution in [2.24, 2.45) is 0 Å². The van der Waals surface area contributed by atoms with Crippen LogP contribution in [0.5, 0.6) is 5.75 Å². The lowest BCUT2D eigenvalue weighted by atomic mass is 10.2. The number of nitrogens with zero attached hydrogens (tertiary/aromatic N) is 1. The molecule has 0 saturated heterocycles. The number of nitrogens with one attached hydrogen (secondary N) is 2. The largest absolute Gasteiger partial charge is 0.483 e. The van der Waals surface area contributed by atoms with Crippen molar-refractivity contribution in [1.29, 1.82) is 0 Å². The van der Waals surface area contributed by atoms with Crippen LogP contribution in [0.25, 0.3) is 0 Å². The molecule has 0 aliphatic rings. The quantitative estimate of drug-likeness (QED) is 0.699. The molecular formula is C19H16ClN3O3. The van der Waals surface area contributed by atoms with Gasteiger partial charge in [0.15, 0.2) is 5.75 Å². The molecule has 0 aliphatic carbocycles. The molecule has 26 heavy (non-hydrogen) atoms. The number of hydrogen-bond acceptors (Lipinski definition) is 4. The Morgan fingerprint density at radius 2 is 1.96 bits per heavy atom. The molecule has 0 bridgehead atoms. The predicted octanol–water partition coefficient (Wildman–Crippen LogP) is 2.93. The molecule has 1 amide bonds. The monoisotopic (exact) mass is 369 g/mol. The number of carbonyl (C=O) groups is 1. The first-order valence-electron chi connectivity index (χ1n) is 7.89. The molecule has 0 atom stereocenters.